The van der Waals surface area contributed by atoms with Crippen LogP contribution in [0.3, 0.4) is 0 Å². The Morgan fingerprint density at radius 2 is 1.79 bits per heavy atom. The average Bonchev–Trinajstić information content (AvgIpc) is 2.79. The highest BCUT2D eigenvalue weighted by molar-refractivity contribution is 7.09. The summed E-state index contributed by atoms with van der Waals surface area (Å²) in [5, 5.41) is 6.63. The molecule has 0 aliphatic heterocycles. The molecule has 2 aromatic rings. The summed E-state index contributed by atoms with van der Waals surface area (Å²) in [6.07, 6.45) is 0. The van der Waals surface area contributed by atoms with Gasteiger partial charge in [-0.05, 0) is 50.1 Å². The van der Waals surface area contributed by atoms with E-state index in [1.54, 1.807) is 11.3 Å². The zero-order chi connectivity index (χ0) is 13.1. The van der Waals surface area contributed by atoms with Crippen LogP contribution < -0.4 is 5.32 Å². The van der Waals surface area contributed by atoms with E-state index in [1.165, 1.54) is 22.3 Å². The quantitative estimate of drug-likeness (QED) is 0.911. The first-order chi connectivity index (χ1) is 8.61. The fourth-order valence-corrected chi connectivity index (χ4v) is 2.75. The van der Waals surface area contributed by atoms with Gasteiger partial charge in [-0.25, -0.2) is 4.98 Å². The lowest BCUT2D eigenvalue weighted by atomic mass is 9.99. The van der Waals surface area contributed by atoms with Gasteiger partial charge in [-0.15, -0.1) is 23.7 Å². The van der Waals surface area contributed by atoms with Crippen LogP contribution in [0.4, 0.5) is 0 Å². The number of rotatable bonds is 4. The van der Waals surface area contributed by atoms with E-state index in [0.29, 0.717) is 0 Å². The summed E-state index contributed by atoms with van der Waals surface area (Å²) >= 11 is 1.73. The van der Waals surface area contributed by atoms with Gasteiger partial charge >= 0.3 is 0 Å². The van der Waals surface area contributed by atoms with Crippen molar-refractivity contribution in [2.45, 2.75) is 34.2 Å². The van der Waals surface area contributed by atoms with Gasteiger partial charge in [-0.3, -0.25) is 0 Å². The van der Waals surface area contributed by atoms with Gasteiger partial charge < -0.3 is 5.32 Å². The molecule has 0 saturated heterocycles. The molecule has 1 aromatic heterocycles. The number of aryl methyl sites for hydroxylation is 3. The van der Waals surface area contributed by atoms with E-state index in [0.717, 1.165) is 23.8 Å². The van der Waals surface area contributed by atoms with Crippen molar-refractivity contribution in [1.29, 1.82) is 0 Å². The van der Waals surface area contributed by atoms with Crippen molar-refractivity contribution >= 4 is 23.7 Å². The van der Waals surface area contributed by atoms with E-state index in [2.05, 4.69) is 50.5 Å². The predicted octanol–water partition coefficient (Wildman–Crippen LogP) is 4.27. The third kappa shape index (κ3) is 3.78. The lowest BCUT2D eigenvalue weighted by molar-refractivity contribution is 0.723. The lowest BCUT2D eigenvalue weighted by Crippen LogP contribution is -2.11. The van der Waals surface area contributed by atoms with Gasteiger partial charge in [0.2, 0.25) is 0 Å². The fourth-order valence-electron chi connectivity index (χ4n) is 1.98. The van der Waals surface area contributed by atoms with Crippen molar-refractivity contribution in [3.8, 4) is 11.3 Å². The zero-order valence-corrected chi connectivity index (χ0v) is 13.5. The van der Waals surface area contributed by atoms with Crippen LogP contribution in [0.1, 0.15) is 28.6 Å². The summed E-state index contributed by atoms with van der Waals surface area (Å²) in [5.41, 5.74) is 6.35. The van der Waals surface area contributed by atoms with Crippen LogP contribution in [0.25, 0.3) is 11.3 Å². The van der Waals surface area contributed by atoms with Crippen molar-refractivity contribution in [2.24, 2.45) is 0 Å². The SMILES string of the molecule is CCNCc1nc(-c2cc(C)c(C)cc2C)cs1.Cl. The molecular formula is C15H21ClN2S. The maximum absolute atomic E-state index is 4.71. The third-order valence-electron chi connectivity index (χ3n) is 3.19. The molecule has 0 amide bonds. The van der Waals surface area contributed by atoms with E-state index in [4.69, 9.17) is 4.98 Å². The molecule has 0 radical (unpaired) electrons. The molecular weight excluding hydrogens is 276 g/mol. The summed E-state index contributed by atoms with van der Waals surface area (Å²) in [6, 6.07) is 4.49. The summed E-state index contributed by atoms with van der Waals surface area (Å²) in [7, 11) is 0. The standard InChI is InChI=1S/C15H20N2S.ClH/c1-5-16-8-15-17-14(9-18-15)13-7-11(3)10(2)6-12(13)4;/h6-7,9,16H,5,8H2,1-4H3;1H. The van der Waals surface area contributed by atoms with Crippen LogP contribution in [-0.4, -0.2) is 11.5 Å². The molecule has 2 nitrogen and oxygen atoms in total. The first-order valence-corrected chi connectivity index (χ1v) is 7.23. The van der Waals surface area contributed by atoms with Crippen molar-refractivity contribution in [3.05, 3.63) is 39.2 Å². The minimum Gasteiger partial charge on any atom is -0.311 e. The summed E-state index contributed by atoms with van der Waals surface area (Å²) in [6.45, 7) is 10.4. The Balaban J connectivity index is 0.00000180. The second-order valence-corrected chi connectivity index (χ2v) is 5.60. The van der Waals surface area contributed by atoms with E-state index in [-0.39, 0.29) is 12.4 Å². The Morgan fingerprint density at radius 3 is 2.47 bits per heavy atom. The Hall–Kier alpha value is -0.900. The Kier molecular flexibility index (Phi) is 5.98. The number of thiazole rings is 1. The van der Waals surface area contributed by atoms with Gasteiger partial charge in [0, 0.05) is 17.5 Å². The molecule has 1 N–H and O–H groups in total. The van der Waals surface area contributed by atoms with Crippen LogP contribution >= 0.6 is 23.7 Å². The van der Waals surface area contributed by atoms with Gasteiger partial charge in [0.05, 0.1) is 5.69 Å². The average molecular weight is 297 g/mol. The smallest absolute Gasteiger partial charge is 0.107 e. The number of aromatic nitrogens is 1. The zero-order valence-electron chi connectivity index (χ0n) is 11.9. The van der Waals surface area contributed by atoms with Gasteiger partial charge in [-0.1, -0.05) is 13.0 Å². The third-order valence-corrected chi connectivity index (χ3v) is 4.04. The van der Waals surface area contributed by atoms with Crippen LogP contribution in [0.15, 0.2) is 17.5 Å². The number of halogens is 1. The fraction of sp³-hybridized carbons (Fsp3) is 0.400. The van der Waals surface area contributed by atoms with Crippen molar-refractivity contribution in [3.63, 3.8) is 0 Å². The van der Waals surface area contributed by atoms with Gasteiger partial charge in [-0.2, -0.15) is 0 Å². The lowest BCUT2D eigenvalue weighted by Gasteiger charge is -2.07. The topological polar surface area (TPSA) is 24.9 Å². The molecule has 0 bridgehead atoms. The normalized spacial score (nSPS) is 10.3. The number of nitrogens with one attached hydrogen (secondary N) is 1. The van der Waals surface area contributed by atoms with Gasteiger partial charge in [0.15, 0.2) is 0 Å². The summed E-state index contributed by atoms with van der Waals surface area (Å²) in [4.78, 5) is 4.71. The molecule has 19 heavy (non-hydrogen) atoms. The number of nitrogens with zero attached hydrogens (tertiary/aromatic N) is 1. The van der Waals surface area contributed by atoms with Gasteiger partial charge in [0.1, 0.15) is 5.01 Å². The molecule has 1 heterocycles. The Morgan fingerprint density at radius 1 is 1.11 bits per heavy atom. The first-order valence-electron chi connectivity index (χ1n) is 6.35. The highest BCUT2D eigenvalue weighted by Crippen LogP contribution is 2.27. The molecule has 0 spiro atoms. The minimum atomic E-state index is 0. The molecule has 4 heteroatoms. The number of hydrogen-bond acceptors (Lipinski definition) is 3. The van der Waals surface area contributed by atoms with E-state index in [9.17, 15) is 0 Å². The largest absolute Gasteiger partial charge is 0.311 e. The maximum Gasteiger partial charge on any atom is 0.107 e. The molecule has 0 fully saturated rings. The highest BCUT2D eigenvalue weighted by atomic mass is 35.5. The van der Waals surface area contributed by atoms with Crippen molar-refractivity contribution in [2.75, 3.05) is 6.54 Å². The maximum atomic E-state index is 4.71. The van der Waals surface area contributed by atoms with Gasteiger partial charge in [0.25, 0.3) is 0 Å². The molecule has 0 atom stereocenters. The Labute approximate surface area is 125 Å². The summed E-state index contributed by atoms with van der Waals surface area (Å²) < 4.78 is 0. The van der Waals surface area contributed by atoms with E-state index in [1.807, 2.05) is 0 Å². The molecule has 0 unspecified atom stereocenters. The van der Waals surface area contributed by atoms with E-state index < -0.39 is 0 Å². The number of hydrogen-bond donors (Lipinski definition) is 1. The molecule has 0 saturated carbocycles. The molecule has 0 aliphatic rings. The minimum absolute atomic E-state index is 0. The first kappa shape index (κ1) is 16.2. The summed E-state index contributed by atoms with van der Waals surface area (Å²) in [5.74, 6) is 0. The van der Waals surface area contributed by atoms with Crippen LogP contribution in [0.2, 0.25) is 0 Å². The highest BCUT2D eigenvalue weighted by Gasteiger charge is 2.08. The van der Waals surface area contributed by atoms with Crippen LogP contribution in [-0.2, 0) is 6.54 Å². The van der Waals surface area contributed by atoms with Crippen LogP contribution in [0.5, 0.6) is 0 Å². The number of benzene rings is 1. The van der Waals surface area contributed by atoms with E-state index >= 15 is 0 Å². The Bertz CT molecular complexity index is 549. The van der Waals surface area contributed by atoms with Crippen LogP contribution in [0, 0.1) is 20.8 Å². The molecule has 104 valence electrons. The molecule has 0 aliphatic carbocycles. The predicted molar refractivity (Wildman–Crippen MR) is 86.4 cm³/mol. The van der Waals surface area contributed by atoms with Crippen molar-refractivity contribution in [1.82, 2.24) is 10.3 Å². The molecule has 2 rings (SSSR count). The van der Waals surface area contributed by atoms with Crippen molar-refractivity contribution < 1.29 is 0 Å². The monoisotopic (exact) mass is 296 g/mol. The second kappa shape index (κ2) is 7.04. The molecule has 1 aromatic carbocycles. The second-order valence-electron chi connectivity index (χ2n) is 4.66.